The van der Waals surface area contributed by atoms with Crippen LogP contribution in [0, 0.1) is 5.92 Å². The molecule has 0 atom stereocenters. The van der Waals surface area contributed by atoms with Gasteiger partial charge in [-0.25, -0.2) is 8.42 Å². The largest absolute Gasteiger partial charge is 0.355 e. The molecule has 1 fully saturated rings. The highest BCUT2D eigenvalue weighted by molar-refractivity contribution is 7.90. The molecule has 1 rings (SSSR count). The molecule has 0 radical (unpaired) electrons. The fraction of sp³-hybridized carbons (Fsp3) is 0.900. The fourth-order valence-corrected chi connectivity index (χ4v) is 2.02. The zero-order valence-corrected chi connectivity index (χ0v) is 10.5. The predicted molar refractivity (Wildman–Crippen MR) is 62.9 cm³/mol. The first-order valence-corrected chi connectivity index (χ1v) is 7.71. The Morgan fingerprint density at radius 2 is 1.94 bits per heavy atom. The van der Waals surface area contributed by atoms with E-state index in [1.54, 1.807) is 0 Å². The number of amides is 1. The molecule has 0 spiro atoms. The molecule has 0 aliphatic heterocycles. The maximum atomic E-state index is 11.2. The first kappa shape index (κ1) is 13.4. The van der Waals surface area contributed by atoms with Crippen LogP contribution in [0.2, 0.25) is 0 Å². The molecular weight excluding hydrogens is 228 g/mol. The van der Waals surface area contributed by atoms with Crippen molar-refractivity contribution >= 4 is 15.7 Å². The second kappa shape index (κ2) is 6.20. The van der Waals surface area contributed by atoms with E-state index in [1.807, 2.05) is 0 Å². The lowest BCUT2D eigenvalue weighted by molar-refractivity contribution is -0.122. The first-order valence-electron chi connectivity index (χ1n) is 5.65. The lowest BCUT2D eigenvalue weighted by Gasteiger charge is -2.05. The number of rotatable bonds is 8. The van der Waals surface area contributed by atoms with E-state index in [2.05, 4.69) is 10.6 Å². The number of sulfone groups is 1. The lowest BCUT2D eigenvalue weighted by Crippen LogP contribution is -2.33. The summed E-state index contributed by atoms with van der Waals surface area (Å²) >= 11 is 0. The Morgan fingerprint density at radius 3 is 2.50 bits per heavy atom. The third-order valence-corrected chi connectivity index (χ3v) is 3.45. The van der Waals surface area contributed by atoms with E-state index in [4.69, 9.17) is 0 Å². The SMILES string of the molecule is CS(=O)(=O)CCCNCCNC(=O)C1CC1. The van der Waals surface area contributed by atoms with Gasteiger partial charge in [0.05, 0.1) is 5.75 Å². The van der Waals surface area contributed by atoms with Crippen LogP contribution in [-0.4, -0.2) is 46.0 Å². The van der Waals surface area contributed by atoms with E-state index in [0.29, 0.717) is 26.1 Å². The van der Waals surface area contributed by atoms with Crippen LogP contribution in [0.5, 0.6) is 0 Å². The molecule has 0 aromatic heterocycles. The van der Waals surface area contributed by atoms with Crippen LogP contribution in [0.3, 0.4) is 0 Å². The van der Waals surface area contributed by atoms with Gasteiger partial charge in [0.15, 0.2) is 0 Å². The van der Waals surface area contributed by atoms with Crippen molar-refractivity contribution in [3.8, 4) is 0 Å². The summed E-state index contributed by atoms with van der Waals surface area (Å²) in [6.07, 6.45) is 3.90. The Morgan fingerprint density at radius 1 is 1.25 bits per heavy atom. The maximum Gasteiger partial charge on any atom is 0.223 e. The van der Waals surface area contributed by atoms with Crippen molar-refractivity contribution in [3.63, 3.8) is 0 Å². The molecule has 0 saturated heterocycles. The second-order valence-corrected chi connectivity index (χ2v) is 6.56. The van der Waals surface area contributed by atoms with Gasteiger partial charge in [-0.3, -0.25) is 4.79 Å². The molecule has 0 aromatic rings. The van der Waals surface area contributed by atoms with Crippen molar-refractivity contribution in [3.05, 3.63) is 0 Å². The number of hydrogen-bond acceptors (Lipinski definition) is 4. The monoisotopic (exact) mass is 248 g/mol. The molecule has 0 bridgehead atoms. The third kappa shape index (κ3) is 6.79. The zero-order valence-electron chi connectivity index (χ0n) is 9.66. The molecule has 6 heteroatoms. The number of nitrogens with one attached hydrogen (secondary N) is 2. The minimum absolute atomic E-state index is 0.151. The highest BCUT2D eigenvalue weighted by Crippen LogP contribution is 2.28. The van der Waals surface area contributed by atoms with Crippen molar-refractivity contribution in [1.29, 1.82) is 0 Å². The minimum atomic E-state index is -2.84. The molecule has 1 aliphatic carbocycles. The molecule has 2 N–H and O–H groups in total. The maximum absolute atomic E-state index is 11.2. The van der Waals surface area contributed by atoms with Gasteiger partial charge in [0.25, 0.3) is 0 Å². The highest BCUT2D eigenvalue weighted by atomic mass is 32.2. The summed E-state index contributed by atoms with van der Waals surface area (Å²) < 4.78 is 21.6. The van der Waals surface area contributed by atoms with Crippen LogP contribution in [-0.2, 0) is 14.6 Å². The smallest absolute Gasteiger partial charge is 0.223 e. The molecule has 5 nitrogen and oxygen atoms in total. The average molecular weight is 248 g/mol. The van der Waals surface area contributed by atoms with Crippen LogP contribution in [0.25, 0.3) is 0 Å². The summed E-state index contributed by atoms with van der Waals surface area (Å²) in [6, 6.07) is 0. The average Bonchev–Trinajstić information content (AvgIpc) is 2.97. The van der Waals surface area contributed by atoms with Crippen LogP contribution < -0.4 is 10.6 Å². The van der Waals surface area contributed by atoms with E-state index >= 15 is 0 Å². The highest BCUT2D eigenvalue weighted by Gasteiger charge is 2.28. The molecule has 1 amide bonds. The number of carbonyl (C=O) groups excluding carboxylic acids is 1. The van der Waals surface area contributed by atoms with E-state index in [0.717, 1.165) is 12.8 Å². The Hall–Kier alpha value is -0.620. The minimum Gasteiger partial charge on any atom is -0.355 e. The van der Waals surface area contributed by atoms with Crippen molar-refractivity contribution in [1.82, 2.24) is 10.6 Å². The number of hydrogen-bond donors (Lipinski definition) is 2. The van der Waals surface area contributed by atoms with Crippen LogP contribution in [0.4, 0.5) is 0 Å². The summed E-state index contributed by atoms with van der Waals surface area (Å²) in [7, 11) is -2.84. The predicted octanol–water partition coefficient (Wildman–Crippen LogP) is -0.463. The third-order valence-electron chi connectivity index (χ3n) is 2.42. The van der Waals surface area contributed by atoms with Gasteiger partial charge < -0.3 is 10.6 Å². The van der Waals surface area contributed by atoms with Crippen molar-refractivity contribution in [2.24, 2.45) is 5.92 Å². The van der Waals surface area contributed by atoms with Gasteiger partial charge in [-0.05, 0) is 25.8 Å². The van der Waals surface area contributed by atoms with Gasteiger partial charge in [0, 0.05) is 25.3 Å². The molecule has 1 saturated carbocycles. The van der Waals surface area contributed by atoms with Crippen molar-refractivity contribution < 1.29 is 13.2 Å². The van der Waals surface area contributed by atoms with Gasteiger partial charge in [-0.2, -0.15) is 0 Å². The first-order chi connectivity index (χ1) is 7.49. The molecule has 0 heterocycles. The summed E-state index contributed by atoms with van der Waals surface area (Å²) in [5.74, 6) is 0.622. The van der Waals surface area contributed by atoms with E-state index in [-0.39, 0.29) is 17.6 Å². The Labute approximate surface area is 96.9 Å². The second-order valence-electron chi connectivity index (χ2n) is 4.30. The summed E-state index contributed by atoms with van der Waals surface area (Å²) in [5.41, 5.74) is 0. The van der Waals surface area contributed by atoms with Gasteiger partial charge in [-0.1, -0.05) is 0 Å². The van der Waals surface area contributed by atoms with Gasteiger partial charge >= 0.3 is 0 Å². The number of carbonyl (C=O) groups is 1. The van der Waals surface area contributed by atoms with Crippen LogP contribution >= 0.6 is 0 Å². The standard InChI is InChI=1S/C10H20N2O3S/c1-16(14,15)8-2-5-11-6-7-12-10(13)9-3-4-9/h9,11H,2-8H2,1H3,(H,12,13). The molecule has 1 aliphatic rings. The lowest BCUT2D eigenvalue weighted by atomic mass is 10.4. The van der Waals surface area contributed by atoms with Crippen molar-refractivity contribution in [2.75, 3.05) is 31.6 Å². The fourth-order valence-electron chi connectivity index (χ4n) is 1.35. The van der Waals surface area contributed by atoms with Gasteiger partial charge in [0.1, 0.15) is 9.84 Å². The molecule has 16 heavy (non-hydrogen) atoms. The summed E-state index contributed by atoms with van der Waals surface area (Å²) in [4.78, 5) is 11.2. The Kier molecular flexibility index (Phi) is 5.21. The molecule has 0 aromatic carbocycles. The van der Waals surface area contributed by atoms with Gasteiger partial charge in [0.2, 0.25) is 5.91 Å². The summed E-state index contributed by atoms with van der Waals surface area (Å²) in [6.45, 7) is 1.99. The van der Waals surface area contributed by atoms with E-state index in [1.165, 1.54) is 6.26 Å². The molecular formula is C10H20N2O3S. The van der Waals surface area contributed by atoms with Crippen molar-refractivity contribution in [2.45, 2.75) is 19.3 Å². The summed E-state index contributed by atoms with van der Waals surface area (Å²) in [5, 5.41) is 5.93. The van der Waals surface area contributed by atoms with Crippen LogP contribution in [0.15, 0.2) is 0 Å². The van der Waals surface area contributed by atoms with E-state index < -0.39 is 9.84 Å². The topological polar surface area (TPSA) is 75.3 Å². The quantitative estimate of drug-likeness (QED) is 0.570. The molecule has 0 unspecified atom stereocenters. The van der Waals surface area contributed by atoms with Crippen LogP contribution in [0.1, 0.15) is 19.3 Å². The Balaban J connectivity index is 1.86. The molecule has 94 valence electrons. The Bertz CT molecular complexity index is 323. The zero-order chi connectivity index (χ0) is 12.0. The normalized spacial score (nSPS) is 16.1. The van der Waals surface area contributed by atoms with Gasteiger partial charge in [-0.15, -0.1) is 0 Å². The van der Waals surface area contributed by atoms with E-state index in [9.17, 15) is 13.2 Å².